The van der Waals surface area contributed by atoms with Gasteiger partial charge in [-0.15, -0.1) is 0 Å². The summed E-state index contributed by atoms with van der Waals surface area (Å²) in [6, 6.07) is 11.0. The van der Waals surface area contributed by atoms with E-state index in [0.29, 0.717) is 0 Å². The Morgan fingerprint density at radius 3 is 1.90 bits per heavy atom. The van der Waals surface area contributed by atoms with E-state index in [2.05, 4.69) is 58.0 Å². The summed E-state index contributed by atoms with van der Waals surface area (Å²) < 4.78 is 12.4. The average Bonchev–Trinajstić information content (AvgIpc) is 2.74. The molecule has 0 fully saturated rings. The summed E-state index contributed by atoms with van der Waals surface area (Å²) in [6.07, 6.45) is 9.59. The molecule has 0 bridgehead atoms. The average molecular weight is 418 g/mol. The van der Waals surface area contributed by atoms with Crippen LogP contribution < -0.4 is 9.47 Å². The minimum absolute atomic E-state index is 0.225. The third kappa shape index (κ3) is 7.44. The van der Waals surface area contributed by atoms with Crippen molar-refractivity contribution < 1.29 is 9.47 Å². The molecule has 0 saturated carbocycles. The van der Waals surface area contributed by atoms with Gasteiger partial charge in [0.05, 0.1) is 13.2 Å². The molecule has 0 aliphatic heterocycles. The van der Waals surface area contributed by atoms with Gasteiger partial charge in [-0.2, -0.15) is 0 Å². The van der Waals surface area contributed by atoms with E-state index in [1.807, 2.05) is 0 Å². The van der Waals surface area contributed by atoms with Crippen LogP contribution in [0.3, 0.4) is 0 Å². The molecule has 29 heavy (non-hydrogen) atoms. The highest BCUT2D eigenvalue weighted by Gasteiger charge is 2.28. The molecule has 0 aliphatic carbocycles. The van der Waals surface area contributed by atoms with Gasteiger partial charge in [-0.1, -0.05) is 65.5 Å². The maximum absolute atomic E-state index is 6.33. The standard InChI is InChI=1S/C26H41O2S/c1-5-9-17-27-23-15-13-22-14-16-25(28-18-10-6-2)26(24(22)21-23)29(19-11-7-3)20-12-8-4/h13-16,21H,5-12,17-20H2,1-4H3/q+1. The first-order valence-corrected chi connectivity index (χ1v) is 13.3. The predicted molar refractivity (Wildman–Crippen MR) is 130 cm³/mol. The number of hydrogen-bond acceptors (Lipinski definition) is 2. The van der Waals surface area contributed by atoms with Gasteiger partial charge in [-0.25, -0.2) is 0 Å². The van der Waals surface area contributed by atoms with Crippen molar-refractivity contribution in [3.05, 3.63) is 30.3 Å². The molecule has 2 aromatic carbocycles. The molecule has 2 nitrogen and oxygen atoms in total. The van der Waals surface area contributed by atoms with Crippen LogP contribution in [-0.4, -0.2) is 24.7 Å². The lowest BCUT2D eigenvalue weighted by molar-refractivity contribution is 0.303. The summed E-state index contributed by atoms with van der Waals surface area (Å²) in [5.74, 6) is 4.63. The molecule has 0 saturated heterocycles. The van der Waals surface area contributed by atoms with Crippen molar-refractivity contribution in [2.24, 2.45) is 0 Å². The lowest BCUT2D eigenvalue weighted by atomic mass is 10.1. The van der Waals surface area contributed by atoms with Crippen molar-refractivity contribution in [2.75, 3.05) is 24.7 Å². The Kier molecular flexibility index (Phi) is 11.4. The first kappa shape index (κ1) is 23.9. The Labute approximate surface area is 181 Å². The van der Waals surface area contributed by atoms with Gasteiger partial charge >= 0.3 is 0 Å². The highest BCUT2D eigenvalue weighted by molar-refractivity contribution is 7.97. The van der Waals surface area contributed by atoms with Crippen molar-refractivity contribution in [2.45, 2.75) is 84.0 Å². The fourth-order valence-electron chi connectivity index (χ4n) is 3.36. The molecule has 0 aliphatic rings. The molecule has 0 heterocycles. The second-order valence-corrected chi connectivity index (χ2v) is 10.00. The minimum atomic E-state index is 0.225. The first-order valence-electron chi connectivity index (χ1n) is 11.7. The van der Waals surface area contributed by atoms with Crippen molar-refractivity contribution in [1.29, 1.82) is 0 Å². The number of rotatable bonds is 15. The van der Waals surface area contributed by atoms with Crippen LogP contribution in [-0.2, 0) is 10.9 Å². The summed E-state index contributed by atoms with van der Waals surface area (Å²) in [5.41, 5.74) is 0. The molecule has 0 amide bonds. The van der Waals surface area contributed by atoms with Gasteiger partial charge in [0.2, 0.25) is 4.90 Å². The van der Waals surface area contributed by atoms with Crippen molar-refractivity contribution in [1.82, 2.24) is 0 Å². The fourth-order valence-corrected chi connectivity index (χ4v) is 6.14. The maximum Gasteiger partial charge on any atom is 0.204 e. The van der Waals surface area contributed by atoms with Crippen LogP contribution >= 0.6 is 0 Å². The van der Waals surface area contributed by atoms with Gasteiger partial charge in [-0.3, -0.25) is 0 Å². The predicted octanol–water partition coefficient (Wildman–Crippen LogP) is 7.78. The normalized spacial score (nSPS) is 11.3. The van der Waals surface area contributed by atoms with Crippen molar-refractivity contribution in [3.63, 3.8) is 0 Å². The third-order valence-corrected chi connectivity index (χ3v) is 7.77. The fraction of sp³-hybridized carbons (Fsp3) is 0.615. The summed E-state index contributed by atoms with van der Waals surface area (Å²) in [7, 11) is 0.225. The van der Waals surface area contributed by atoms with Gasteiger partial charge in [0.25, 0.3) is 0 Å². The summed E-state index contributed by atoms with van der Waals surface area (Å²) >= 11 is 0. The summed E-state index contributed by atoms with van der Waals surface area (Å²) in [6.45, 7) is 10.6. The molecule has 162 valence electrons. The molecular formula is C26H41O2S+. The number of hydrogen-bond donors (Lipinski definition) is 0. The maximum atomic E-state index is 6.33. The van der Waals surface area contributed by atoms with E-state index in [1.54, 1.807) is 0 Å². The minimum Gasteiger partial charge on any atom is -0.494 e. The van der Waals surface area contributed by atoms with Crippen LogP contribution in [0.1, 0.15) is 79.1 Å². The van der Waals surface area contributed by atoms with Gasteiger partial charge in [0.1, 0.15) is 17.3 Å². The lowest BCUT2D eigenvalue weighted by Crippen LogP contribution is -2.15. The van der Waals surface area contributed by atoms with E-state index >= 15 is 0 Å². The van der Waals surface area contributed by atoms with E-state index in [0.717, 1.165) is 50.4 Å². The second kappa shape index (κ2) is 13.8. The van der Waals surface area contributed by atoms with Crippen molar-refractivity contribution in [3.8, 4) is 11.5 Å². The molecule has 2 aromatic rings. The highest BCUT2D eigenvalue weighted by Crippen LogP contribution is 2.37. The zero-order valence-electron chi connectivity index (χ0n) is 19.1. The van der Waals surface area contributed by atoms with Crippen LogP contribution in [0.25, 0.3) is 10.8 Å². The van der Waals surface area contributed by atoms with Gasteiger partial charge < -0.3 is 9.47 Å². The van der Waals surface area contributed by atoms with Crippen LogP contribution in [0.2, 0.25) is 0 Å². The van der Waals surface area contributed by atoms with E-state index < -0.39 is 0 Å². The van der Waals surface area contributed by atoms with Gasteiger partial charge in [-0.05, 0) is 49.3 Å². The topological polar surface area (TPSA) is 18.5 Å². The molecule has 0 unspecified atom stereocenters. The molecule has 0 spiro atoms. The smallest absolute Gasteiger partial charge is 0.204 e. The Balaban J connectivity index is 2.46. The zero-order valence-corrected chi connectivity index (χ0v) is 19.9. The zero-order chi connectivity index (χ0) is 20.9. The highest BCUT2D eigenvalue weighted by atomic mass is 32.2. The van der Waals surface area contributed by atoms with E-state index in [4.69, 9.17) is 9.47 Å². The molecular weight excluding hydrogens is 376 g/mol. The monoisotopic (exact) mass is 417 g/mol. The lowest BCUT2D eigenvalue weighted by Gasteiger charge is -2.16. The van der Waals surface area contributed by atoms with Crippen LogP contribution in [0.15, 0.2) is 35.2 Å². The van der Waals surface area contributed by atoms with Crippen molar-refractivity contribution >= 4 is 21.7 Å². The number of ether oxygens (including phenoxy) is 2. The summed E-state index contributed by atoms with van der Waals surface area (Å²) in [5, 5.41) is 2.64. The molecule has 2 rings (SSSR count). The second-order valence-electron chi connectivity index (χ2n) is 7.79. The largest absolute Gasteiger partial charge is 0.494 e. The molecule has 3 heteroatoms. The van der Waals surface area contributed by atoms with E-state index in [9.17, 15) is 0 Å². The molecule has 0 atom stereocenters. The van der Waals surface area contributed by atoms with Crippen LogP contribution in [0.5, 0.6) is 11.5 Å². The van der Waals surface area contributed by atoms with Gasteiger partial charge in [0.15, 0.2) is 5.75 Å². The SMILES string of the molecule is CCCCOc1ccc2ccc(OCCCC)c([S+](CCCC)CCCC)c2c1. The Morgan fingerprint density at radius 2 is 1.28 bits per heavy atom. The Bertz CT molecular complexity index is 700. The molecule has 0 N–H and O–H groups in total. The van der Waals surface area contributed by atoms with Gasteiger partial charge in [0, 0.05) is 16.3 Å². The third-order valence-electron chi connectivity index (χ3n) is 5.21. The number of benzene rings is 2. The molecule has 0 aromatic heterocycles. The number of fused-ring (bicyclic) bond motifs is 1. The van der Waals surface area contributed by atoms with Crippen LogP contribution in [0.4, 0.5) is 0 Å². The van der Waals surface area contributed by atoms with Crippen LogP contribution in [0, 0.1) is 0 Å². The van der Waals surface area contributed by atoms with E-state index in [1.165, 1.54) is 52.9 Å². The number of unbranched alkanes of at least 4 members (excludes halogenated alkanes) is 4. The quantitative estimate of drug-likeness (QED) is 0.218. The first-order chi connectivity index (χ1) is 14.2. The van der Waals surface area contributed by atoms with E-state index in [-0.39, 0.29) is 10.9 Å². The summed E-state index contributed by atoms with van der Waals surface area (Å²) in [4.78, 5) is 1.45. The Morgan fingerprint density at radius 1 is 0.690 bits per heavy atom. The molecule has 0 radical (unpaired) electrons. The Hall–Kier alpha value is -1.35.